The molecular weight excluding hydrogens is 362 g/mol. The maximum Gasteiger partial charge on any atom is 0.326 e. The van der Waals surface area contributed by atoms with Gasteiger partial charge in [-0.2, -0.15) is 0 Å². The van der Waals surface area contributed by atoms with Gasteiger partial charge in [0.2, 0.25) is 15.9 Å². The smallest absolute Gasteiger partial charge is 0.326 e. The Bertz CT molecular complexity index is 832. The number of aliphatic carboxylic acids is 1. The van der Waals surface area contributed by atoms with E-state index in [4.69, 9.17) is 0 Å². The maximum absolute atomic E-state index is 12.5. The average molecular weight is 383 g/mol. The van der Waals surface area contributed by atoms with Crippen molar-refractivity contribution in [2.45, 2.75) is 26.3 Å². The summed E-state index contributed by atoms with van der Waals surface area (Å²) in [5.74, 6) is -2.40. The summed E-state index contributed by atoms with van der Waals surface area (Å²) in [5, 5.41) is 14.0. The molecule has 142 valence electrons. The first-order valence-electron chi connectivity index (χ1n) is 7.57. The molecule has 0 aliphatic carbocycles. The second-order valence-corrected chi connectivity index (χ2v) is 7.23. The standard InChI is InChI=1S/C16H21N3O6S/c1-4-5-6-14(16(22)23)18-15(21)12-9-11(17-10(2)20)7-8-13(12)19-26(3,24)25/h4-5,7-9,14,19H,6H2,1-3H3,(H,17,20)(H,18,21)(H,22,23)/b5-4+. The third kappa shape index (κ3) is 6.93. The lowest BCUT2D eigenvalue weighted by molar-refractivity contribution is -0.139. The van der Waals surface area contributed by atoms with Crippen LogP contribution in [0.4, 0.5) is 11.4 Å². The van der Waals surface area contributed by atoms with Gasteiger partial charge in [0.1, 0.15) is 6.04 Å². The highest BCUT2D eigenvalue weighted by Crippen LogP contribution is 2.22. The van der Waals surface area contributed by atoms with E-state index in [-0.39, 0.29) is 29.3 Å². The quantitative estimate of drug-likeness (QED) is 0.496. The van der Waals surface area contributed by atoms with Crippen LogP contribution in [-0.2, 0) is 19.6 Å². The van der Waals surface area contributed by atoms with E-state index in [1.165, 1.54) is 25.1 Å². The van der Waals surface area contributed by atoms with Crippen molar-refractivity contribution in [3.8, 4) is 0 Å². The lowest BCUT2D eigenvalue weighted by Crippen LogP contribution is -2.40. The van der Waals surface area contributed by atoms with E-state index >= 15 is 0 Å². The van der Waals surface area contributed by atoms with Crippen LogP contribution in [0, 0.1) is 0 Å². The summed E-state index contributed by atoms with van der Waals surface area (Å²) in [6.45, 7) is 2.99. The topological polar surface area (TPSA) is 142 Å². The number of carboxylic acids is 1. The monoisotopic (exact) mass is 383 g/mol. The summed E-state index contributed by atoms with van der Waals surface area (Å²) in [7, 11) is -3.67. The summed E-state index contributed by atoms with van der Waals surface area (Å²) in [6.07, 6.45) is 4.22. The van der Waals surface area contributed by atoms with Crippen LogP contribution < -0.4 is 15.4 Å². The molecule has 1 unspecified atom stereocenters. The van der Waals surface area contributed by atoms with Gasteiger partial charge in [-0.15, -0.1) is 0 Å². The number of hydrogen-bond acceptors (Lipinski definition) is 5. The van der Waals surface area contributed by atoms with Gasteiger partial charge in [0.05, 0.1) is 17.5 Å². The molecular formula is C16H21N3O6S. The molecule has 0 radical (unpaired) electrons. The number of allylic oxidation sites excluding steroid dienone is 1. The van der Waals surface area contributed by atoms with Crippen LogP contribution in [0.15, 0.2) is 30.4 Å². The number of amides is 2. The van der Waals surface area contributed by atoms with Gasteiger partial charge in [-0.05, 0) is 31.5 Å². The van der Waals surface area contributed by atoms with Gasteiger partial charge >= 0.3 is 5.97 Å². The Labute approximate surface area is 151 Å². The molecule has 4 N–H and O–H groups in total. The zero-order chi connectivity index (χ0) is 19.9. The fraction of sp³-hybridized carbons (Fsp3) is 0.312. The molecule has 0 heterocycles. The maximum atomic E-state index is 12.5. The van der Waals surface area contributed by atoms with Gasteiger partial charge in [-0.3, -0.25) is 14.3 Å². The largest absolute Gasteiger partial charge is 0.480 e. The molecule has 0 saturated carbocycles. The molecule has 0 bridgehead atoms. The van der Waals surface area contributed by atoms with Gasteiger partial charge in [0, 0.05) is 12.6 Å². The number of carbonyl (C=O) groups excluding carboxylic acids is 2. The van der Waals surface area contributed by atoms with Crippen molar-refractivity contribution in [1.29, 1.82) is 0 Å². The second kappa shape index (κ2) is 8.99. The Balaban J connectivity index is 3.24. The van der Waals surface area contributed by atoms with Gasteiger partial charge < -0.3 is 15.7 Å². The Kier molecular flexibility index (Phi) is 7.32. The second-order valence-electron chi connectivity index (χ2n) is 5.48. The molecule has 26 heavy (non-hydrogen) atoms. The zero-order valence-corrected chi connectivity index (χ0v) is 15.4. The van der Waals surface area contributed by atoms with Crippen molar-refractivity contribution in [1.82, 2.24) is 5.32 Å². The first-order valence-corrected chi connectivity index (χ1v) is 9.47. The molecule has 0 fully saturated rings. The number of benzene rings is 1. The van der Waals surface area contributed by atoms with Crippen LogP contribution in [0.3, 0.4) is 0 Å². The van der Waals surface area contributed by atoms with Gasteiger partial charge in [-0.25, -0.2) is 13.2 Å². The Morgan fingerprint density at radius 3 is 2.42 bits per heavy atom. The first kappa shape index (κ1) is 21.2. The van der Waals surface area contributed by atoms with Crippen molar-refractivity contribution < 1.29 is 27.9 Å². The number of carboxylic acid groups (broad SMARTS) is 1. The fourth-order valence-corrected chi connectivity index (χ4v) is 2.61. The molecule has 0 saturated heterocycles. The lowest BCUT2D eigenvalue weighted by Gasteiger charge is -2.16. The van der Waals surface area contributed by atoms with Crippen LogP contribution in [-0.4, -0.2) is 43.6 Å². The number of nitrogens with one attached hydrogen (secondary N) is 3. The number of anilines is 2. The minimum atomic E-state index is -3.67. The van der Waals surface area contributed by atoms with Crippen LogP contribution in [0.25, 0.3) is 0 Å². The molecule has 1 atom stereocenters. The molecule has 0 aromatic heterocycles. The number of hydrogen-bond donors (Lipinski definition) is 4. The van der Waals surface area contributed by atoms with Crippen LogP contribution in [0.1, 0.15) is 30.6 Å². The van der Waals surface area contributed by atoms with E-state index in [1.807, 2.05) is 0 Å². The van der Waals surface area contributed by atoms with E-state index in [0.29, 0.717) is 0 Å². The predicted octanol–water partition coefficient (Wildman–Crippen LogP) is 1.17. The summed E-state index contributed by atoms with van der Waals surface area (Å²) in [6, 6.07) is 2.80. The number of rotatable bonds is 8. The highest BCUT2D eigenvalue weighted by atomic mass is 32.2. The molecule has 1 aromatic carbocycles. The van der Waals surface area contributed by atoms with Crippen molar-refractivity contribution >= 4 is 39.2 Å². The molecule has 10 heteroatoms. The molecule has 1 aromatic rings. The normalized spacial score (nSPS) is 12.4. The fourth-order valence-electron chi connectivity index (χ4n) is 2.03. The highest BCUT2D eigenvalue weighted by Gasteiger charge is 2.22. The Hall–Kier alpha value is -2.88. The summed E-state index contributed by atoms with van der Waals surface area (Å²) in [5.41, 5.74) is 0.115. The van der Waals surface area contributed by atoms with Crippen molar-refractivity contribution in [2.24, 2.45) is 0 Å². The minimum absolute atomic E-state index is 0.0331. The summed E-state index contributed by atoms with van der Waals surface area (Å²) in [4.78, 5) is 35.0. The Morgan fingerprint density at radius 2 is 1.92 bits per heavy atom. The van der Waals surface area contributed by atoms with Gasteiger partial charge in [0.15, 0.2) is 0 Å². The third-order valence-corrected chi connectivity index (χ3v) is 3.68. The third-order valence-electron chi connectivity index (χ3n) is 3.09. The van der Waals surface area contributed by atoms with Crippen molar-refractivity contribution in [2.75, 3.05) is 16.3 Å². The van der Waals surface area contributed by atoms with E-state index in [0.717, 1.165) is 6.26 Å². The first-order chi connectivity index (χ1) is 12.0. The van der Waals surface area contributed by atoms with Crippen molar-refractivity contribution in [3.05, 3.63) is 35.9 Å². The number of carbonyl (C=O) groups is 3. The minimum Gasteiger partial charge on any atom is -0.480 e. The van der Waals surface area contributed by atoms with Gasteiger partial charge in [-0.1, -0.05) is 12.2 Å². The molecule has 0 aliphatic rings. The Morgan fingerprint density at radius 1 is 1.27 bits per heavy atom. The molecule has 2 amide bonds. The van der Waals surface area contributed by atoms with Crippen LogP contribution in [0.2, 0.25) is 0 Å². The predicted molar refractivity (Wildman–Crippen MR) is 97.5 cm³/mol. The van der Waals surface area contributed by atoms with E-state index in [1.54, 1.807) is 19.1 Å². The SMILES string of the molecule is C/C=C/CC(NC(=O)c1cc(NC(C)=O)ccc1NS(C)(=O)=O)C(=O)O. The average Bonchev–Trinajstić information content (AvgIpc) is 2.50. The van der Waals surface area contributed by atoms with E-state index < -0.39 is 27.9 Å². The summed E-state index contributed by atoms with van der Waals surface area (Å²) >= 11 is 0. The van der Waals surface area contributed by atoms with E-state index in [9.17, 15) is 27.9 Å². The molecule has 0 aliphatic heterocycles. The van der Waals surface area contributed by atoms with Crippen molar-refractivity contribution in [3.63, 3.8) is 0 Å². The van der Waals surface area contributed by atoms with Crippen LogP contribution in [0.5, 0.6) is 0 Å². The number of sulfonamides is 1. The molecule has 1 rings (SSSR count). The lowest BCUT2D eigenvalue weighted by atomic mass is 10.1. The highest BCUT2D eigenvalue weighted by molar-refractivity contribution is 7.92. The molecule has 9 nitrogen and oxygen atoms in total. The van der Waals surface area contributed by atoms with Gasteiger partial charge in [0.25, 0.3) is 5.91 Å². The zero-order valence-electron chi connectivity index (χ0n) is 14.6. The van der Waals surface area contributed by atoms with E-state index in [2.05, 4.69) is 15.4 Å². The van der Waals surface area contributed by atoms with Crippen LogP contribution >= 0.6 is 0 Å². The summed E-state index contributed by atoms with van der Waals surface area (Å²) < 4.78 is 25.2. The molecule has 0 spiro atoms.